The summed E-state index contributed by atoms with van der Waals surface area (Å²) in [6.07, 6.45) is 0.817. The van der Waals surface area contributed by atoms with Crippen molar-refractivity contribution in [3.8, 4) is 0 Å². The molecule has 1 fully saturated rings. The third-order valence-electron chi connectivity index (χ3n) is 3.82. The fraction of sp³-hybridized carbons (Fsp3) is 0.571. The second-order valence-corrected chi connectivity index (χ2v) is 7.91. The molecule has 0 amide bonds. The smallest absolute Gasteiger partial charge is 0.244 e. The number of halogens is 2. The Morgan fingerprint density at radius 2 is 2.10 bits per heavy atom. The minimum absolute atomic E-state index is 0. The lowest BCUT2D eigenvalue weighted by atomic mass is 10.0. The fourth-order valence-electron chi connectivity index (χ4n) is 2.42. The molecule has 7 heteroatoms. The van der Waals surface area contributed by atoms with Crippen molar-refractivity contribution in [1.82, 2.24) is 4.31 Å². The molecule has 1 aromatic rings. The van der Waals surface area contributed by atoms with E-state index in [2.05, 4.69) is 0 Å². The van der Waals surface area contributed by atoms with Crippen LogP contribution in [0.2, 0.25) is 5.02 Å². The van der Waals surface area contributed by atoms with Crippen LogP contribution in [0.3, 0.4) is 0 Å². The van der Waals surface area contributed by atoms with E-state index in [9.17, 15) is 8.42 Å². The Labute approximate surface area is 138 Å². The Morgan fingerprint density at radius 1 is 1.43 bits per heavy atom. The van der Waals surface area contributed by atoms with E-state index in [-0.39, 0.29) is 34.2 Å². The summed E-state index contributed by atoms with van der Waals surface area (Å²) in [6, 6.07) is 5.23. The van der Waals surface area contributed by atoms with E-state index in [0.717, 1.165) is 12.0 Å². The maximum Gasteiger partial charge on any atom is 0.244 e. The van der Waals surface area contributed by atoms with Crippen LogP contribution in [0.5, 0.6) is 0 Å². The van der Waals surface area contributed by atoms with Gasteiger partial charge in [0.1, 0.15) is 4.90 Å². The second kappa shape index (κ2) is 7.29. The van der Waals surface area contributed by atoms with Gasteiger partial charge in [0, 0.05) is 13.1 Å². The van der Waals surface area contributed by atoms with Crippen molar-refractivity contribution in [2.75, 3.05) is 19.6 Å². The van der Waals surface area contributed by atoms with Gasteiger partial charge in [-0.2, -0.15) is 4.31 Å². The molecule has 2 rings (SSSR count). The summed E-state index contributed by atoms with van der Waals surface area (Å²) in [6.45, 7) is 5.58. The van der Waals surface area contributed by atoms with E-state index < -0.39 is 10.0 Å². The molecule has 1 heterocycles. The summed E-state index contributed by atoms with van der Waals surface area (Å²) in [5, 5.41) is 0.283. The van der Waals surface area contributed by atoms with Gasteiger partial charge in [-0.3, -0.25) is 0 Å². The molecule has 1 aliphatic heterocycles. The van der Waals surface area contributed by atoms with E-state index in [1.54, 1.807) is 12.1 Å². The summed E-state index contributed by atoms with van der Waals surface area (Å²) in [4.78, 5) is 0.211. The number of nitrogens with zero attached hydrogens (tertiary/aromatic N) is 1. The Balaban J connectivity index is 0.00000220. The van der Waals surface area contributed by atoms with Crippen LogP contribution in [0.15, 0.2) is 23.1 Å². The van der Waals surface area contributed by atoms with Gasteiger partial charge in [0.2, 0.25) is 10.0 Å². The number of benzene rings is 1. The molecule has 1 saturated heterocycles. The van der Waals surface area contributed by atoms with Gasteiger partial charge in [-0.1, -0.05) is 31.5 Å². The molecule has 0 saturated carbocycles. The predicted molar refractivity (Wildman–Crippen MR) is 88.7 cm³/mol. The standard InChI is InChI=1S/C14H21ClN2O2S.ClH/c1-10(2)12-3-4-13(15)14(7-12)20(18,19)17-6-5-11(8-16)9-17;/h3-4,7,10-11H,5-6,8-9,16H2,1-2H3;1H. The highest BCUT2D eigenvalue weighted by atomic mass is 35.5. The van der Waals surface area contributed by atoms with Gasteiger partial charge in [-0.05, 0) is 42.5 Å². The molecule has 0 spiro atoms. The first-order valence-electron chi connectivity index (χ1n) is 6.86. The molecule has 1 atom stereocenters. The van der Waals surface area contributed by atoms with Crippen LogP contribution < -0.4 is 5.73 Å². The molecule has 0 bridgehead atoms. The van der Waals surface area contributed by atoms with Crippen LogP contribution >= 0.6 is 24.0 Å². The lowest BCUT2D eigenvalue weighted by molar-refractivity contribution is 0.459. The minimum Gasteiger partial charge on any atom is -0.330 e. The van der Waals surface area contributed by atoms with Crippen LogP contribution in [0.25, 0.3) is 0 Å². The predicted octanol–water partition coefficient (Wildman–Crippen LogP) is 2.85. The Kier molecular flexibility index (Phi) is 6.50. The van der Waals surface area contributed by atoms with E-state index >= 15 is 0 Å². The Morgan fingerprint density at radius 3 is 2.62 bits per heavy atom. The summed E-state index contributed by atoms with van der Waals surface area (Å²) in [5.41, 5.74) is 6.60. The van der Waals surface area contributed by atoms with Gasteiger partial charge in [0.15, 0.2) is 0 Å². The average Bonchev–Trinajstić information content (AvgIpc) is 2.88. The van der Waals surface area contributed by atoms with E-state index in [1.807, 2.05) is 19.9 Å². The quantitative estimate of drug-likeness (QED) is 0.905. The molecule has 1 aliphatic rings. The molecule has 1 aromatic carbocycles. The van der Waals surface area contributed by atoms with Crippen molar-refractivity contribution in [2.45, 2.75) is 31.1 Å². The SMILES string of the molecule is CC(C)c1ccc(Cl)c(S(=O)(=O)N2CCC(CN)C2)c1.Cl. The van der Waals surface area contributed by atoms with Gasteiger partial charge >= 0.3 is 0 Å². The van der Waals surface area contributed by atoms with Crippen LogP contribution in [0.4, 0.5) is 0 Å². The van der Waals surface area contributed by atoms with Crippen molar-refractivity contribution in [3.63, 3.8) is 0 Å². The zero-order valence-electron chi connectivity index (χ0n) is 12.3. The minimum atomic E-state index is -3.52. The average molecular weight is 353 g/mol. The number of rotatable bonds is 4. The van der Waals surface area contributed by atoms with Crippen molar-refractivity contribution in [1.29, 1.82) is 0 Å². The number of hydrogen-bond donors (Lipinski definition) is 1. The highest BCUT2D eigenvalue weighted by Gasteiger charge is 2.33. The van der Waals surface area contributed by atoms with Crippen LogP contribution in [-0.4, -0.2) is 32.4 Å². The lowest BCUT2D eigenvalue weighted by Crippen LogP contribution is -2.30. The second-order valence-electron chi connectivity index (χ2n) is 5.60. The molecular weight excluding hydrogens is 331 g/mol. The summed E-state index contributed by atoms with van der Waals surface area (Å²) >= 11 is 6.10. The third kappa shape index (κ3) is 3.90. The van der Waals surface area contributed by atoms with Crippen molar-refractivity contribution in [2.24, 2.45) is 11.7 Å². The van der Waals surface area contributed by atoms with Crippen LogP contribution in [0, 0.1) is 5.92 Å². The topological polar surface area (TPSA) is 63.4 Å². The van der Waals surface area contributed by atoms with Gasteiger partial charge in [-0.25, -0.2) is 8.42 Å². The van der Waals surface area contributed by atoms with Gasteiger partial charge < -0.3 is 5.73 Å². The van der Waals surface area contributed by atoms with Crippen molar-refractivity contribution in [3.05, 3.63) is 28.8 Å². The zero-order chi connectivity index (χ0) is 14.9. The summed E-state index contributed by atoms with van der Waals surface area (Å²) in [5.74, 6) is 0.508. The van der Waals surface area contributed by atoms with E-state index in [4.69, 9.17) is 17.3 Å². The molecule has 21 heavy (non-hydrogen) atoms. The van der Waals surface area contributed by atoms with Crippen LogP contribution in [-0.2, 0) is 10.0 Å². The highest BCUT2D eigenvalue weighted by Crippen LogP contribution is 2.31. The lowest BCUT2D eigenvalue weighted by Gasteiger charge is -2.18. The van der Waals surface area contributed by atoms with E-state index in [0.29, 0.717) is 19.6 Å². The molecule has 2 N–H and O–H groups in total. The first kappa shape index (κ1) is 18.7. The third-order valence-corrected chi connectivity index (χ3v) is 6.17. The van der Waals surface area contributed by atoms with Gasteiger partial charge in [0.05, 0.1) is 5.02 Å². The fourth-order valence-corrected chi connectivity index (χ4v) is 4.46. The van der Waals surface area contributed by atoms with Gasteiger partial charge in [-0.15, -0.1) is 12.4 Å². The zero-order valence-corrected chi connectivity index (χ0v) is 14.6. The number of hydrogen-bond acceptors (Lipinski definition) is 3. The maximum absolute atomic E-state index is 12.7. The monoisotopic (exact) mass is 352 g/mol. The van der Waals surface area contributed by atoms with Crippen LogP contribution in [0.1, 0.15) is 31.7 Å². The first-order chi connectivity index (χ1) is 9.36. The summed E-state index contributed by atoms with van der Waals surface area (Å²) in [7, 11) is -3.52. The van der Waals surface area contributed by atoms with Gasteiger partial charge in [0.25, 0.3) is 0 Å². The highest BCUT2D eigenvalue weighted by molar-refractivity contribution is 7.89. The number of nitrogens with two attached hydrogens (primary N) is 1. The Hall–Kier alpha value is -0.330. The molecule has 4 nitrogen and oxygen atoms in total. The maximum atomic E-state index is 12.7. The number of sulfonamides is 1. The van der Waals surface area contributed by atoms with Crippen molar-refractivity contribution >= 4 is 34.0 Å². The van der Waals surface area contributed by atoms with Crippen molar-refractivity contribution < 1.29 is 8.42 Å². The van der Waals surface area contributed by atoms with E-state index in [1.165, 1.54) is 4.31 Å². The molecule has 120 valence electrons. The molecule has 0 radical (unpaired) electrons. The summed E-state index contributed by atoms with van der Waals surface area (Å²) < 4.78 is 26.9. The molecular formula is C14H22Cl2N2O2S. The molecule has 0 aromatic heterocycles. The Bertz CT molecular complexity index is 591. The molecule has 1 unspecified atom stereocenters. The molecule has 0 aliphatic carbocycles. The normalized spacial score (nSPS) is 19.8. The first-order valence-corrected chi connectivity index (χ1v) is 8.67. The largest absolute Gasteiger partial charge is 0.330 e.